The Morgan fingerprint density at radius 2 is 1.78 bits per heavy atom. The Hall–Kier alpha value is -3.71. The molecule has 7 heteroatoms. The van der Waals surface area contributed by atoms with E-state index in [0.29, 0.717) is 31.4 Å². The molecule has 2 heterocycles. The first-order chi connectivity index (χ1) is 15.6. The molecule has 0 saturated carbocycles. The number of nitro benzene ring substituents is 1. The van der Waals surface area contributed by atoms with Gasteiger partial charge < -0.3 is 14.4 Å². The molecule has 7 nitrogen and oxygen atoms in total. The number of nitro groups is 1. The molecule has 2 aliphatic rings. The molecular formula is C25H23N3O4. The van der Waals surface area contributed by atoms with E-state index in [-0.39, 0.29) is 11.7 Å². The smallest absolute Gasteiger partial charge is 0.270 e. The maximum atomic E-state index is 11.5. The van der Waals surface area contributed by atoms with Crippen LogP contribution in [0.15, 0.2) is 83.9 Å². The molecule has 32 heavy (non-hydrogen) atoms. The van der Waals surface area contributed by atoms with Gasteiger partial charge in [0.15, 0.2) is 0 Å². The molecule has 3 aromatic rings. The third-order valence-electron chi connectivity index (χ3n) is 6.14. The number of nitrogens with zero attached hydrogens (tertiary/aromatic N) is 3. The van der Waals surface area contributed by atoms with Crippen LogP contribution in [0.5, 0.6) is 0 Å². The summed E-state index contributed by atoms with van der Waals surface area (Å²) in [5.74, 6) is 0.417. The molecule has 0 aliphatic carbocycles. The van der Waals surface area contributed by atoms with Gasteiger partial charge in [-0.3, -0.25) is 10.1 Å². The van der Waals surface area contributed by atoms with E-state index in [4.69, 9.17) is 14.5 Å². The quantitative estimate of drug-likeness (QED) is 0.429. The van der Waals surface area contributed by atoms with E-state index >= 15 is 0 Å². The highest BCUT2D eigenvalue weighted by Gasteiger charge is 2.41. The number of non-ortho nitro benzene ring substituents is 1. The summed E-state index contributed by atoms with van der Waals surface area (Å²) in [4.78, 5) is 18.0. The zero-order valence-corrected chi connectivity index (χ0v) is 17.7. The zero-order valence-electron chi connectivity index (χ0n) is 17.7. The van der Waals surface area contributed by atoms with E-state index in [1.807, 2.05) is 48.5 Å². The first-order valence-corrected chi connectivity index (χ1v) is 10.5. The SMILES string of the molecule is C[C@@]1(c2ccccc2)COCN1c1ccc([N+](=O)[O-])cc1C1=N[C@H](c2ccccc2)CO1. The summed E-state index contributed by atoms with van der Waals surface area (Å²) in [5, 5.41) is 11.5. The molecule has 0 N–H and O–H groups in total. The van der Waals surface area contributed by atoms with E-state index in [9.17, 15) is 10.1 Å². The lowest BCUT2D eigenvalue weighted by atomic mass is 9.91. The molecule has 0 spiro atoms. The Morgan fingerprint density at radius 1 is 1.06 bits per heavy atom. The summed E-state index contributed by atoms with van der Waals surface area (Å²) in [7, 11) is 0. The lowest BCUT2D eigenvalue weighted by Gasteiger charge is -2.36. The fourth-order valence-corrected chi connectivity index (χ4v) is 4.34. The second kappa shape index (κ2) is 8.09. The number of anilines is 1. The van der Waals surface area contributed by atoms with Crippen molar-refractivity contribution >= 4 is 17.3 Å². The van der Waals surface area contributed by atoms with Gasteiger partial charge >= 0.3 is 0 Å². The van der Waals surface area contributed by atoms with E-state index in [0.717, 1.165) is 16.8 Å². The zero-order chi connectivity index (χ0) is 22.1. The number of ether oxygens (including phenoxy) is 2. The van der Waals surface area contributed by atoms with Crippen LogP contribution in [0.25, 0.3) is 0 Å². The van der Waals surface area contributed by atoms with Crippen LogP contribution in [0.1, 0.15) is 29.7 Å². The Labute approximate surface area is 186 Å². The summed E-state index contributed by atoms with van der Waals surface area (Å²) < 4.78 is 11.9. The van der Waals surface area contributed by atoms with Crippen molar-refractivity contribution in [2.75, 3.05) is 24.8 Å². The van der Waals surface area contributed by atoms with Crippen LogP contribution in [-0.4, -0.2) is 30.8 Å². The largest absolute Gasteiger partial charge is 0.475 e. The first-order valence-electron chi connectivity index (χ1n) is 10.5. The highest BCUT2D eigenvalue weighted by molar-refractivity contribution is 6.01. The Morgan fingerprint density at radius 3 is 2.50 bits per heavy atom. The number of aliphatic imine (C=N–C) groups is 1. The summed E-state index contributed by atoms with van der Waals surface area (Å²) in [6.45, 7) is 3.39. The average molecular weight is 429 g/mol. The predicted molar refractivity (Wildman–Crippen MR) is 122 cm³/mol. The molecule has 2 atom stereocenters. The van der Waals surface area contributed by atoms with Gasteiger partial charge in [0, 0.05) is 12.1 Å². The monoisotopic (exact) mass is 429 g/mol. The van der Waals surface area contributed by atoms with E-state index in [1.54, 1.807) is 12.1 Å². The van der Waals surface area contributed by atoms with Crippen molar-refractivity contribution < 1.29 is 14.4 Å². The van der Waals surface area contributed by atoms with Crippen LogP contribution in [0.4, 0.5) is 11.4 Å². The van der Waals surface area contributed by atoms with Crippen LogP contribution in [-0.2, 0) is 15.0 Å². The molecule has 1 fully saturated rings. The van der Waals surface area contributed by atoms with Crippen molar-refractivity contribution in [1.29, 1.82) is 0 Å². The third kappa shape index (κ3) is 3.50. The number of benzene rings is 3. The fraction of sp³-hybridized carbons (Fsp3) is 0.240. The van der Waals surface area contributed by atoms with Crippen molar-refractivity contribution in [2.24, 2.45) is 4.99 Å². The summed E-state index contributed by atoms with van der Waals surface area (Å²) in [6, 6.07) is 24.7. The van der Waals surface area contributed by atoms with Crippen molar-refractivity contribution in [2.45, 2.75) is 18.5 Å². The highest BCUT2D eigenvalue weighted by atomic mass is 16.6. The van der Waals surface area contributed by atoms with Crippen molar-refractivity contribution in [3.63, 3.8) is 0 Å². The number of rotatable bonds is 5. The number of hydrogen-bond donors (Lipinski definition) is 0. The topological polar surface area (TPSA) is 77.2 Å². The molecule has 0 amide bonds. The minimum Gasteiger partial charge on any atom is -0.475 e. The van der Waals surface area contributed by atoms with Crippen molar-refractivity contribution in [3.8, 4) is 0 Å². The van der Waals surface area contributed by atoms with Crippen LogP contribution in [0.2, 0.25) is 0 Å². The first kappa shape index (κ1) is 20.2. The lowest BCUT2D eigenvalue weighted by molar-refractivity contribution is -0.384. The van der Waals surface area contributed by atoms with Crippen LogP contribution < -0.4 is 4.90 Å². The Balaban J connectivity index is 1.59. The lowest BCUT2D eigenvalue weighted by Crippen LogP contribution is -2.41. The minimum absolute atomic E-state index is 0.000240. The molecule has 3 aromatic carbocycles. The van der Waals surface area contributed by atoms with Gasteiger partial charge in [0.05, 0.1) is 28.3 Å². The maximum Gasteiger partial charge on any atom is 0.270 e. The predicted octanol–water partition coefficient (Wildman–Crippen LogP) is 4.82. The van der Waals surface area contributed by atoms with Crippen LogP contribution in [0, 0.1) is 10.1 Å². The van der Waals surface area contributed by atoms with Gasteiger partial charge in [-0.25, -0.2) is 4.99 Å². The third-order valence-corrected chi connectivity index (χ3v) is 6.14. The Bertz CT molecular complexity index is 1170. The van der Waals surface area contributed by atoms with Gasteiger partial charge in [0.2, 0.25) is 5.90 Å². The molecule has 0 radical (unpaired) electrons. The van der Waals surface area contributed by atoms with Gasteiger partial charge in [-0.05, 0) is 24.1 Å². The average Bonchev–Trinajstić information content (AvgIpc) is 3.48. The molecule has 162 valence electrons. The highest BCUT2D eigenvalue weighted by Crippen LogP contribution is 2.41. The Kier molecular flexibility index (Phi) is 5.11. The maximum absolute atomic E-state index is 11.5. The molecule has 2 aliphatic heterocycles. The second-order valence-corrected chi connectivity index (χ2v) is 8.18. The standard InChI is InChI=1S/C25H23N3O4/c1-25(19-10-6-3-7-11-19)16-31-17-27(25)23-13-12-20(28(29)30)14-21(23)24-26-22(15-32-24)18-8-4-2-5-9-18/h2-14,22H,15-17H2,1H3/t22-,25-/m0/s1. The molecule has 0 bridgehead atoms. The normalized spacial score (nSPS) is 22.5. The summed E-state index contributed by atoms with van der Waals surface area (Å²) >= 11 is 0. The molecule has 1 saturated heterocycles. The van der Waals surface area contributed by atoms with Crippen molar-refractivity contribution in [1.82, 2.24) is 0 Å². The van der Waals surface area contributed by atoms with Gasteiger partial charge in [0.25, 0.3) is 5.69 Å². The summed E-state index contributed by atoms with van der Waals surface area (Å²) in [5.41, 5.74) is 3.13. The molecule has 5 rings (SSSR count). The minimum atomic E-state index is -0.426. The van der Waals surface area contributed by atoms with Crippen LogP contribution in [0.3, 0.4) is 0 Å². The van der Waals surface area contributed by atoms with Gasteiger partial charge in [-0.1, -0.05) is 60.7 Å². The van der Waals surface area contributed by atoms with Crippen LogP contribution >= 0.6 is 0 Å². The fourth-order valence-electron chi connectivity index (χ4n) is 4.34. The number of hydrogen-bond acceptors (Lipinski definition) is 6. The second-order valence-electron chi connectivity index (χ2n) is 8.18. The van der Waals surface area contributed by atoms with E-state index < -0.39 is 10.5 Å². The van der Waals surface area contributed by atoms with Gasteiger partial charge in [-0.2, -0.15) is 0 Å². The van der Waals surface area contributed by atoms with E-state index in [1.165, 1.54) is 6.07 Å². The van der Waals surface area contributed by atoms with Gasteiger partial charge in [-0.15, -0.1) is 0 Å². The summed E-state index contributed by atoms with van der Waals surface area (Å²) in [6.07, 6.45) is 0. The van der Waals surface area contributed by atoms with Gasteiger partial charge in [0.1, 0.15) is 19.4 Å². The van der Waals surface area contributed by atoms with Crippen molar-refractivity contribution in [3.05, 3.63) is 106 Å². The molecule has 0 aromatic heterocycles. The molecule has 0 unspecified atom stereocenters. The van der Waals surface area contributed by atoms with E-state index in [2.05, 4.69) is 24.0 Å². The molecular weight excluding hydrogens is 406 g/mol.